The highest BCUT2D eigenvalue weighted by molar-refractivity contribution is 5.29. The van der Waals surface area contributed by atoms with Gasteiger partial charge in [-0.05, 0) is 48.5 Å². The van der Waals surface area contributed by atoms with Crippen molar-refractivity contribution in [3.8, 4) is 23.0 Å². The predicted octanol–water partition coefficient (Wildman–Crippen LogP) is 4.54. The summed E-state index contributed by atoms with van der Waals surface area (Å²) in [5.74, 6) is 0.677. The summed E-state index contributed by atoms with van der Waals surface area (Å²) >= 11 is 0. The van der Waals surface area contributed by atoms with E-state index >= 15 is 0 Å². The fourth-order valence-corrected chi connectivity index (χ4v) is 1.97. The van der Waals surface area contributed by atoms with Crippen molar-refractivity contribution in [2.45, 2.75) is 38.5 Å². The molecule has 0 aromatic heterocycles. The van der Waals surface area contributed by atoms with Crippen LogP contribution in [0.1, 0.15) is 38.5 Å². The third-order valence-corrected chi connectivity index (χ3v) is 3.20. The first-order chi connectivity index (χ1) is 10.6. The van der Waals surface area contributed by atoms with Gasteiger partial charge in [0.1, 0.15) is 23.0 Å². The van der Waals surface area contributed by atoms with Gasteiger partial charge < -0.3 is 20.4 Å². The minimum Gasteiger partial charge on any atom is -0.508 e. The van der Waals surface area contributed by atoms with Crippen LogP contribution < -0.4 is 0 Å². The highest BCUT2D eigenvalue weighted by atomic mass is 16.3. The lowest BCUT2D eigenvalue weighted by molar-refractivity contribution is 0.460. The predicted molar refractivity (Wildman–Crippen MR) is 87.2 cm³/mol. The molecule has 1 aliphatic carbocycles. The van der Waals surface area contributed by atoms with Crippen molar-refractivity contribution in [3.05, 3.63) is 48.5 Å². The molecule has 0 heterocycles. The summed E-state index contributed by atoms with van der Waals surface area (Å²) in [7, 11) is 0. The van der Waals surface area contributed by atoms with Gasteiger partial charge in [0.25, 0.3) is 0 Å². The zero-order chi connectivity index (χ0) is 16.2. The fraction of sp³-hybridized carbons (Fsp3) is 0.333. The average Bonchev–Trinajstić information content (AvgIpc) is 2.56. The topological polar surface area (TPSA) is 80.9 Å². The van der Waals surface area contributed by atoms with Gasteiger partial charge in [-0.2, -0.15) is 0 Å². The Hall–Kier alpha value is -2.36. The van der Waals surface area contributed by atoms with E-state index in [-0.39, 0.29) is 23.0 Å². The molecule has 2 aromatic rings. The quantitative estimate of drug-likeness (QED) is 0.539. The number of phenols is 4. The van der Waals surface area contributed by atoms with Crippen molar-refractivity contribution in [3.63, 3.8) is 0 Å². The summed E-state index contributed by atoms with van der Waals surface area (Å²) in [5.41, 5.74) is 0. The summed E-state index contributed by atoms with van der Waals surface area (Å²) in [6.45, 7) is 0. The van der Waals surface area contributed by atoms with Gasteiger partial charge >= 0.3 is 0 Å². The first-order valence-corrected chi connectivity index (χ1v) is 7.54. The van der Waals surface area contributed by atoms with Crippen LogP contribution in [0, 0.1) is 0 Å². The van der Waals surface area contributed by atoms with E-state index in [4.69, 9.17) is 20.4 Å². The maximum absolute atomic E-state index is 8.65. The van der Waals surface area contributed by atoms with Crippen LogP contribution in [0.15, 0.2) is 48.5 Å². The number of aromatic hydroxyl groups is 4. The third kappa shape index (κ3) is 8.74. The van der Waals surface area contributed by atoms with Gasteiger partial charge in [-0.1, -0.05) is 38.5 Å². The molecule has 4 nitrogen and oxygen atoms in total. The normalized spacial score (nSPS) is 13.1. The van der Waals surface area contributed by atoms with E-state index in [2.05, 4.69) is 0 Å². The zero-order valence-electron chi connectivity index (χ0n) is 12.7. The van der Waals surface area contributed by atoms with Crippen LogP contribution in [0.3, 0.4) is 0 Å². The van der Waals surface area contributed by atoms with E-state index in [1.807, 2.05) is 0 Å². The maximum atomic E-state index is 8.65. The zero-order valence-corrected chi connectivity index (χ0v) is 12.7. The number of rotatable bonds is 0. The van der Waals surface area contributed by atoms with Crippen molar-refractivity contribution in [1.29, 1.82) is 0 Å². The van der Waals surface area contributed by atoms with Crippen molar-refractivity contribution in [2.75, 3.05) is 0 Å². The van der Waals surface area contributed by atoms with Gasteiger partial charge in [-0.25, -0.2) is 0 Å². The first-order valence-electron chi connectivity index (χ1n) is 7.54. The van der Waals surface area contributed by atoms with E-state index < -0.39 is 0 Å². The number of phenolic OH excluding ortho intramolecular Hbond substituents is 4. The van der Waals surface area contributed by atoms with Gasteiger partial charge in [-0.15, -0.1) is 0 Å². The second kappa shape index (κ2) is 10.4. The highest BCUT2D eigenvalue weighted by Crippen LogP contribution is 2.15. The third-order valence-electron chi connectivity index (χ3n) is 3.20. The second-order valence-corrected chi connectivity index (χ2v) is 5.15. The number of hydrogen-bond acceptors (Lipinski definition) is 4. The molecule has 4 heteroatoms. The van der Waals surface area contributed by atoms with Gasteiger partial charge in [-0.3, -0.25) is 0 Å². The molecule has 0 unspecified atom stereocenters. The van der Waals surface area contributed by atoms with Crippen LogP contribution in [0.4, 0.5) is 0 Å². The summed E-state index contributed by atoms with van der Waals surface area (Å²) in [6, 6.07) is 11.4. The second-order valence-electron chi connectivity index (χ2n) is 5.15. The molecular formula is C18H24O4. The first kappa shape index (κ1) is 17.7. The minimum absolute atomic E-state index is 0.169. The Morgan fingerprint density at radius 1 is 0.364 bits per heavy atom. The van der Waals surface area contributed by atoms with Crippen molar-refractivity contribution < 1.29 is 20.4 Å². The molecule has 22 heavy (non-hydrogen) atoms. The lowest BCUT2D eigenvalue weighted by atomic mass is 10.0. The van der Waals surface area contributed by atoms with Crippen molar-refractivity contribution in [1.82, 2.24) is 0 Å². The standard InChI is InChI=1S/2C6H6O2.C6H12/c2*7-5-1-2-6(8)4-3-5;1-2-4-6-5-3-1/h2*1-4,7-8H;1-6H2. The van der Waals surface area contributed by atoms with Crippen LogP contribution in [0.25, 0.3) is 0 Å². The molecule has 0 atom stereocenters. The summed E-state index contributed by atoms with van der Waals surface area (Å²) in [5, 5.41) is 34.6. The van der Waals surface area contributed by atoms with Gasteiger partial charge in [0, 0.05) is 0 Å². The smallest absolute Gasteiger partial charge is 0.115 e. The summed E-state index contributed by atoms with van der Waals surface area (Å²) < 4.78 is 0. The molecule has 4 N–H and O–H groups in total. The van der Waals surface area contributed by atoms with Gasteiger partial charge in [0.05, 0.1) is 0 Å². The van der Waals surface area contributed by atoms with E-state index in [1.165, 1.54) is 87.1 Å². The molecule has 120 valence electrons. The van der Waals surface area contributed by atoms with Crippen LogP contribution in [0.5, 0.6) is 23.0 Å². The maximum Gasteiger partial charge on any atom is 0.115 e. The Morgan fingerprint density at radius 2 is 0.500 bits per heavy atom. The fourth-order valence-electron chi connectivity index (χ4n) is 1.97. The molecule has 0 bridgehead atoms. The SMILES string of the molecule is C1CCCCC1.Oc1ccc(O)cc1.Oc1ccc(O)cc1. The molecule has 2 aromatic carbocycles. The summed E-state index contributed by atoms with van der Waals surface area (Å²) in [6.07, 6.45) is 9.00. The Labute approximate surface area is 131 Å². The molecule has 0 spiro atoms. The molecule has 1 fully saturated rings. The van der Waals surface area contributed by atoms with Crippen LogP contribution >= 0.6 is 0 Å². The van der Waals surface area contributed by atoms with Crippen LogP contribution in [-0.4, -0.2) is 20.4 Å². The van der Waals surface area contributed by atoms with Gasteiger partial charge in [0.2, 0.25) is 0 Å². The Morgan fingerprint density at radius 3 is 0.636 bits per heavy atom. The van der Waals surface area contributed by atoms with Crippen molar-refractivity contribution in [2.24, 2.45) is 0 Å². The monoisotopic (exact) mass is 304 g/mol. The molecule has 0 aliphatic heterocycles. The largest absolute Gasteiger partial charge is 0.508 e. The lowest BCUT2D eigenvalue weighted by Gasteiger charge is -2.05. The molecule has 0 radical (unpaired) electrons. The van der Waals surface area contributed by atoms with E-state index in [0.29, 0.717) is 0 Å². The molecule has 0 saturated heterocycles. The van der Waals surface area contributed by atoms with E-state index in [1.54, 1.807) is 0 Å². The molecule has 1 aliphatic rings. The number of hydrogen-bond donors (Lipinski definition) is 4. The van der Waals surface area contributed by atoms with Crippen LogP contribution in [-0.2, 0) is 0 Å². The lowest BCUT2D eigenvalue weighted by Crippen LogP contribution is -1.85. The molecule has 3 rings (SSSR count). The number of benzene rings is 2. The Kier molecular flexibility index (Phi) is 8.35. The van der Waals surface area contributed by atoms with Crippen LogP contribution in [0.2, 0.25) is 0 Å². The molecule has 0 amide bonds. The Balaban J connectivity index is 0.000000167. The van der Waals surface area contributed by atoms with Crippen molar-refractivity contribution >= 4 is 0 Å². The highest BCUT2D eigenvalue weighted by Gasteiger charge is 1.95. The minimum atomic E-state index is 0.169. The van der Waals surface area contributed by atoms with E-state index in [0.717, 1.165) is 0 Å². The van der Waals surface area contributed by atoms with E-state index in [9.17, 15) is 0 Å². The molecule has 1 saturated carbocycles. The van der Waals surface area contributed by atoms with Gasteiger partial charge in [0.15, 0.2) is 0 Å². The molecular weight excluding hydrogens is 280 g/mol. The Bertz CT molecular complexity index is 405. The average molecular weight is 304 g/mol. The summed E-state index contributed by atoms with van der Waals surface area (Å²) in [4.78, 5) is 0.